The summed E-state index contributed by atoms with van der Waals surface area (Å²) in [5.41, 5.74) is 0. The van der Waals surface area contributed by atoms with Gasteiger partial charge in [0.2, 0.25) is 0 Å². The summed E-state index contributed by atoms with van der Waals surface area (Å²) in [6.45, 7) is 0. The maximum absolute atomic E-state index is 2.36. The van der Waals surface area contributed by atoms with E-state index in [4.69, 9.17) is 0 Å². The van der Waals surface area contributed by atoms with E-state index in [1.165, 1.54) is 32.1 Å². The molecule has 1 rings (SSSR count). The van der Waals surface area contributed by atoms with Crippen LogP contribution in [-0.4, -0.2) is 0 Å². The molecule has 0 atom stereocenters. The van der Waals surface area contributed by atoms with Gasteiger partial charge in [0.1, 0.15) is 6.42 Å². The van der Waals surface area contributed by atoms with Crippen LogP contribution in [0.25, 0.3) is 0 Å². The van der Waals surface area contributed by atoms with Gasteiger partial charge in [-0.3, -0.25) is 0 Å². The molecule has 0 radical (unpaired) electrons. The molecule has 0 unspecified atom stereocenters. The van der Waals surface area contributed by atoms with Crippen molar-refractivity contribution in [1.82, 2.24) is 0 Å². The van der Waals surface area contributed by atoms with E-state index in [9.17, 15) is 0 Å². The second-order valence-electron chi connectivity index (χ2n) is 2.28. The van der Waals surface area contributed by atoms with E-state index in [2.05, 4.69) is 18.6 Å². The first-order valence-electron chi connectivity index (χ1n) is 3.47. The van der Waals surface area contributed by atoms with Gasteiger partial charge in [-0.2, -0.15) is 0 Å². The lowest BCUT2D eigenvalue weighted by atomic mass is 10.1. The van der Waals surface area contributed by atoms with Crippen molar-refractivity contribution in [1.29, 1.82) is 0 Å². The Hall–Kier alpha value is -0.390. The van der Waals surface area contributed by atoms with Crippen molar-refractivity contribution < 1.29 is 0 Å². The van der Waals surface area contributed by atoms with Crippen molar-refractivity contribution in [3.8, 4) is 0 Å². The smallest absolute Gasteiger partial charge is 0.0843 e. The van der Waals surface area contributed by atoms with Gasteiger partial charge in [-0.1, -0.05) is 6.08 Å². The summed E-state index contributed by atoms with van der Waals surface area (Å²) in [6.07, 6.45) is 13.5. The topological polar surface area (TPSA) is 0 Å². The van der Waals surface area contributed by atoms with Gasteiger partial charge in [0.25, 0.3) is 0 Å². The van der Waals surface area contributed by atoms with Crippen molar-refractivity contribution in [2.75, 3.05) is 0 Å². The summed E-state index contributed by atoms with van der Waals surface area (Å²) >= 11 is 0. The van der Waals surface area contributed by atoms with Crippen LogP contribution >= 0.6 is 0 Å². The first kappa shape index (κ1) is 5.74. The van der Waals surface area contributed by atoms with Crippen LogP contribution in [0.5, 0.6) is 0 Å². The molecule has 0 amide bonds. The summed E-state index contributed by atoms with van der Waals surface area (Å²) in [4.78, 5) is 0. The summed E-state index contributed by atoms with van der Waals surface area (Å²) in [7, 11) is 0. The van der Waals surface area contributed by atoms with Gasteiger partial charge in [-0.05, 0) is 25.3 Å². The highest BCUT2D eigenvalue weighted by Gasteiger charge is 1.97. The highest BCUT2D eigenvalue weighted by molar-refractivity contribution is 4.88. The zero-order valence-corrected chi connectivity index (χ0v) is 5.27. The molecule has 0 nitrogen and oxygen atoms in total. The van der Waals surface area contributed by atoms with E-state index in [1.807, 2.05) is 0 Å². The summed E-state index contributed by atoms with van der Waals surface area (Å²) < 4.78 is 0. The number of allylic oxidation sites excluding steroid dienone is 2. The Morgan fingerprint density at radius 2 is 2.12 bits per heavy atom. The van der Waals surface area contributed by atoms with E-state index < -0.39 is 0 Å². The number of hydrogen-bond acceptors (Lipinski definition) is 0. The van der Waals surface area contributed by atoms with E-state index >= 15 is 0 Å². The molecule has 0 aromatic carbocycles. The molecule has 0 N–H and O–H groups in total. The van der Waals surface area contributed by atoms with Crippen LogP contribution in [0.15, 0.2) is 12.2 Å². The van der Waals surface area contributed by atoms with Gasteiger partial charge in [0.05, 0.1) is 12.8 Å². The number of rotatable bonds is 0. The SMILES string of the molecule is C1=C\CCCC[CH+]C/1. The Balaban J connectivity index is 2.17. The third-order valence-corrected chi connectivity index (χ3v) is 1.50. The fourth-order valence-electron chi connectivity index (χ4n) is 0.979. The molecule has 0 saturated heterocycles. The Morgan fingerprint density at radius 1 is 1.12 bits per heavy atom. The van der Waals surface area contributed by atoms with Crippen LogP contribution in [0.4, 0.5) is 0 Å². The van der Waals surface area contributed by atoms with Gasteiger partial charge in [0.15, 0.2) is 0 Å². The van der Waals surface area contributed by atoms with Gasteiger partial charge in [0, 0.05) is 0 Å². The second-order valence-corrected chi connectivity index (χ2v) is 2.28. The van der Waals surface area contributed by atoms with Gasteiger partial charge in [-0.25, -0.2) is 0 Å². The molecule has 0 spiro atoms. The molecule has 1 aliphatic rings. The third kappa shape index (κ3) is 2.06. The van der Waals surface area contributed by atoms with Crippen LogP contribution in [0.3, 0.4) is 0 Å². The Labute approximate surface area is 51.6 Å². The highest BCUT2D eigenvalue weighted by atomic mass is 14.0. The lowest BCUT2D eigenvalue weighted by molar-refractivity contribution is 0.717. The molecule has 0 heterocycles. The molecule has 0 aromatic rings. The van der Waals surface area contributed by atoms with Crippen LogP contribution in [0.1, 0.15) is 32.1 Å². The Morgan fingerprint density at radius 3 is 3.12 bits per heavy atom. The second kappa shape index (κ2) is 3.59. The van der Waals surface area contributed by atoms with Crippen LogP contribution in [0, 0.1) is 6.42 Å². The molecular weight excluding hydrogens is 96.1 g/mol. The van der Waals surface area contributed by atoms with E-state index in [-0.39, 0.29) is 0 Å². The summed E-state index contributed by atoms with van der Waals surface area (Å²) in [6, 6.07) is 0. The maximum Gasteiger partial charge on any atom is 0.106 e. The Bertz CT molecular complexity index is 62.1. The summed E-state index contributed by atoms with van der Waals surface area (Å²) in [5, 5.41) is 0. The predicted octanol–water partition coefficient (Wildman–Crippen LogP) is 2.71. The van der Waals surface area contributed by atoms with Crippen molar-refractivity contribution in [2.45, 2.75) is 32.1 Å². The summed E-state index contributed by atoms with van der Waals surface area (Å²) in [5.74, 6) is 0. The van der Waals surface area contributed by atoms with E-state index in [0.29, 0.717) is 0 Å². The molecule has 0 aromatic heterocycles. The van der Waals surface area contributed by atoms with Crippen molar-refractivity contribution in [2.24, 2.45) is 0 Å². The zero-order valence-electron chi connectivity index (χ0n) is 5.27. The molecule has 8 heavy (non-hydrogen) atoms. The lowest BCUT2D eigenvalue weighted by Gasteiger charge is -1.93. The molecule has 0 heteroatoms. The average Bonchev–Trinajstić information content (AvgIpc) is 1.62. The molecule has 0 aliphatic heterocycles. The maximum atomic E-state index is 2.36. The van der Waals surface area contributed by atoms with Crippen LogP contribution in [-0.2, 0) is 0 Å². The largest absolute Gasteiger partial charge is 0.106 e. The first-order chi connectivity index (χ1) is 4.00. The standard InChI is InChI=1S/C8H13/c1-2-4-6-8-7-5-3-1/h1-2,5H,3-4,6-8H2/q+1/b2-1-. The van der Waals surface area contributed by atoms with Gasteiger partial charge >= 0.3 is 0 Å². The minimum atomic E-state index is 1.19. The quantitative estimate of drug-likeness (QED) is 0.331. The molecular formula is C8H13+. The number of hydrogen-bond donors (Lipinski definition) is 0. The average molecular weight is 109 g/mol. The highest BCUT2D eigenvalue weighted by Crippen LogP contribution is 2.08. The zero-order chi connectivity index (χ0) is 5.66. The third-order valence-electron chi connectivity index (χ3n) is 1.50. The van der Waals surface area contributed by atoms with Crippen molar-refractivity contribution in [3.05, 3.63) is 18.6 Å². The first-order valence-corrected chi connectivity index (χ1v) is 3.47. The van der Waals surface area contributed by atoms with Crippen LogP contribution < -0.4 is 0 Å². The van der Waals surface area contributed by atoms with Gasteiger partial charge < -0.3 is 0 Å². The molecule has 0 bridgehead atoms. The van der Waals surface area contributed by atoms with E-state index in [0.717, 1.165) is 0 Å². The minimum absolute atomic E-state index is 1.19. The lowest BCUT2D eigenvalue weighted by Crippen LogP contribution is -1.81. The minimum Gasteiger partial charge on any atom is -0.0843 e. The normalized spacial score (nSPS) is 25.0. The van der Waals surface area contributed by atoms with E-state index in [1.54, 1.807) is 0 Å². The van der Waals surface area contributed by atoms with Crippen molar-refractivity contribution in [3.63, 3.8) is 0 Å². The molecule has 44 valence electrons. The fourth-order valence-corrected chi connectivity index (χ4v) is 0.979. The Kier molecular flexibility index (Phi) is 2.58. The van der Waals surface area contributed by atoms with Crippen LogP contribution in [0.2, 0.25) is 0 Å². The molecule has 0 saturated carbocycles. The molecule has 1 aliphatic carbocycles. The fraction of sp³-hybridized carbons (Fsp3) is 0.625. The van der Waals surface area contributed by atoms with Crippen molar-refractivity contribution >= 4 is 0 Å². The monoisotopic (exact) mass is 109 g/mol. The van der Waals surface area contributed by atoms with Gasteiger partial charge in [-0.15, -0.1) is 0 Å². The predicted molar refractivity (Wildman–Crippen MR) is 36.5 cm³/mol. The molecule has 0 fully saturated rings.